The second kappa shape index (κ2) is 10.0. The standard InChI is InChI=1S/C27H35NO3S/c1-7-31-26(30)24-21-14-13-20(27(4,5)6)16-22(21)32-25(24)28-23(29)15-10-18-8-11-19(12-9-18)17(2)3/h8-12,15,17,20H,7,13-14,16H2,1-6H3,(H,28,29)/b15-10+. The van der Waals surface area contributed by atoms with Crippen molar-refractivity contribution in [1.82, 2.24) is 0 Å². The molecular weight excluding hydrogens is 418 g/mol. The molecule has 32 heavy (non-hydrogen) atoms. The summed E-state index contributed by atoms with van der Waals surface area (Å²) in [5.74, 6) is 0.443. The van der Waals surface area contributed by atoms with E-state index in [4.69, 9.17) is 4.74 Å². The minimum Gasteiger partial charge on any atom is -0.462 e. The van der Waals surface area contributed by atoms with Crippen molar-refractivity contribution in [3.05, 3.63) is 57.5 Å². The highest BCUT2D eigenvalue weighted by atomic mass is 32.1. The molecule has 0 radical (unpaired) electrons. The first-order chi connectivity index (χ1) is 15.1. The molecule has 0 fully saturated rings. The molecule has 3 rings (SSSR count). The molecule has 0 spiro atoms. The minimum absolute atomic E-state index is 0.211. The Labute approximate surface area is 196 Å². The van der Waals surface area contributed by atoms with Crippen LogP contribution in [0.2, 0.25) is 0 Å². The monoisotopic (exact) mass is 453 g/mol. The van der Waals surface area contributed by atoms with Crippen molar-refractivity contribution in [3.63, 3.8) is 0 Å². The Kier molecular flexibility index (Phi) is 7.60. The number of hydrogen-bond donors (Lipinski definition) is 1. The third-order valence-electron chi connectivity index (χ3n) is 6.24. The van der Waals surface area contributed by atoms with Crippen LogP contribution in [0.5, 0.6) is 0 Å². The second-order valence-corrected chi connectivity index (χ2v) is 11.0. The molecular formula is C27H35NO3S. The molecule has 0 saturated heterocycles. The maximum Gasteiger partial charge on any atom is 0.341 e. The fraction of sp³-hybridized carbons (Fsp3) is 0.481. The number of ether oxygens (including phenoxy) is 1. The summed E-state index contributed by atoms with van der Waals surface area (Å²) < 4.78 is 5.33. The largest absolute Gasteiger partial charge is 0.462 e. The van der Waals surface area contributed by atoms with Gasteiger partial charge < -0.3 is 10.1 Å². The third-order valence-corrected chi connectivity index (χ3v) is 7.41. The first-order valence-corrected chi connectivity index (χ1v) is 12.3. The zero-order valence-electron chi connectivity index (χ0n) is 20.1. The minimum atomic E-state index is -0.345. The second-order valence-electron chi connectivity index (χ2n) is 9.88. The number of esters is 1. The molecule has 0 saturated carbocycles. The Morgan fingerprint density at radius 2 is 1.91 bits per heavy atom. The summed E-state index contributed by atoms with van der Waals surface area (Å²) in [6, 6.07) is 8.19. The van der Waals surface area contributed by atoms with Crippen molar-refractivity contribution in [1.29, 1.82) is 0 Å². The Morgan fingerprint density at radius 1 is 1.22 bits per heavy atom. The molecule has 1 aromatic heterocycles. The molecule has 1 unspecified atom stereocenters. The zero-order valence-corrected chi connectivity index (χ0v) is 20.9. The average molecular weight is 454 g/mol. The lowest BCUT2D eigenvalue weighted by Crippen LogP contribution is -2.26. The van der Waals surface area contributed by atoms with Crippen LogP contribution in [0.4, 0.5) is 5.00 Å². The average Bonchev–Trinajstić information content (AvgIpc) is 3.09. The van der Waals surface area contributed by atoms with Crippen LogP contribution in [0.15, 0.2) is 30.3 Å². The molecule has 0 aliphatic heterocycles. The fourth-order valence-corrected chi connectivity index (χ4v) is 5.47. The van der Waals surface area contributed by atoms with Crippen LogP contribution >= 0.6 is 11.3 Å². The normalized spacial score (nSPS) is 16.3. The van der Waals surface area contributed by atoms with Gasteiger partial charge in [-0.3, -0.25) is 4.79 Å². The Hall–Kier alpha value is -2.40. The van der Waals surface area contributed by atoms with E-state index < -0.39 is 0 Å². The summed E-state index contributed by atoms with van der Waals surface area (Å²) >= 11 is 1.52. The van der Waals surface area contributed by atoms with Gasteiger partial charge in [-0.1, -0.05) is 58.9 Å². The van der Waals surface area contributed by atoms with Crippen molar-refractivity contribution < 1.29 is 14.3 Å². The van der Waals surface area contributed by atoms with Crippen molar-refractivity contribution in [2.24, 2.45) is 11.3 Å². The lowest BCUT2D eigenvalue weighted by atomic mass is 9.72. The van der Waals surface area contributed by atoms with E-state index in [2.05, 4.69) is 52.1 Å². The van der Waals surface area contributed by atoms with Gasteiger partial charge in [0.25, 0.3) is 0 Å². The van der Waals surface area contributed by atoms with Crippen LogP contribution in [0, 0.1) is 11.3 Å². The number of benzene rings is 1. The SMILES string of the molecule is CCOC(=O)c1c(NC(=O)/C=C/c2ccc(C(C)C)cc2)sc2c1CCC(C(C)(C)C)C2. The van der Waals surface area contributed by atoms with Gasteiger partial charge in [-0.25, -0.2) is 4.79 Å². The molecule has 4 nitrogen and oxygen atoms in total. The van der Waals surface area contributed by atoms with Crippen LogP contribution in [-0.2, 0) is 22.4 Å². The van der Waals surface area contributed by atoms with E-state index in [-0.39, 0.29) is 17.3 Å². The van der Waals surface area contributed by atoms with E-state index in [1.54, 1.807) is 13.0 Å². The summed E-state index contributed by atoms with van der Waals surface area (Å²) in [6.07, 6.45) is 6.14. The molecule has 1 N–H and O–H groups in total. The summed E-state index contributed by atoms with van der Waals surface area (Å²) in [7, 11) is 0. The van der Waals surface area contributed by atoms with Gasteiger partial charge in [-0.15, -0.1) is 11.3 Å². The molecule has 172 valence electrons. The smallest absolute Gasteiger partial charge is 0.341 e. The molecule has 1 aromatic carbocycles. The molecule has 1 aliphatic carbocycles. The summed E-state index contributed by atoms with van der Waals surface area (Å²) in [5.41, 5.74) is 4.04. The first kappa shape index (κ1) is 24.2. The van der Waals surface area contributed by atoms with Crippen LogP contribution < -0.4 is 5.32 Å². The van der Waals surface area contributed by atoms with E-state index >= 15 is 0 Å². The van der Waals surface area contributed by atoms with Gasteiger partial charge in [0.1, 0.15) is 5.00 Å². The third kappa shape index (κ3) is 5.69. The highest BCUT2D eigenvalue weighted by Gasteiger charge is 2.34. The number of nitrogens with one attached hydrogen (secondary N) is 1. The molecule has 1 atom stereocenters. The van der Waals surface area contributed by atoms with Gasteiger partial charge in [0.15, 0.2) is 0 Å². The number of hydrogen-bond acceptors (Lipinski definition) is 4. The summed E-state index contributed by atoms with van der Waals surface area (Å²) in [5, 5.41) is 3.56. The van der Waals surface area contributed by atoms with Crippen LogP contribution in [0.25, 0.3) is 6.08 Å². The van der Waals surface area contributed by atoms with Crippen molar-refractivity contribution in [2.45, 2.75) is 66.7 Å². The number of rotatable bonds is 6. The van der Waals surface area contributed by atoms with Gasteiger partial charge in [0, 0.05) is 11.0 Å². The van der Waals surface area contributed by atoms with Gasteiger partial charge in [-0.2, -0.15) is 0 Å². The van der Waals surface area contributed by atoms with Crippen LogP contribution in [-0.4, -0.2) is 18.5 Å². The van der Waals surface area contributed by atoms with Crippen LogP contribution in [0.1, 0.15) is 85.8 Å². The number of carbonyl (C=O) groups excluding carboxylic acids is 2. The highest BCUT2D eigenvalue weighted by Crippen LogP contribution is 2.44. The van der Waals surface area contributed by atoms with E-state index in [0.29, 0.717) is 29.0 Å². The summed E-state index contributed by atoms with van der Waals surface area (Å²) in [4.78, 5) is 26.6. The lowest BCUT2D eigenvalue weighted by Gasteiger charge is -2.33. The Morgan fingerprint density at radius 3 is 2.50 bits per heavy atom. The number of thiophene rings is 1. The number of fused-ring (bicyclic) bond motifs is 1. The topological polar surface area (TPSA) is 55.4 Å². The number of anilines is 1. The van der Waals surface area contributed by atoms with E-state index in [0.717, 1.165) is 30.4 Å². The first-order valence-electron chi connectivity index (χ1n) is 11.5. The summed E-state index contributed by atoms with van der Waals surface area (Å²) in [6.45, 7) is 13.2. The van der Waals surface area contributed by atoms with E-state index in [9.17, 15) is 9.59 Å². The number of carbonyl (C=O) groups is 2. The van der Waals surface area contributed by atoms with E-state index in [1.165, 1.54) is 27.9 Å². The quantitative estimate of drug-likeness (QED) is 0.384. The van der Waals surface area contributed by atoms with Gasteiger partial charge >= 0.3 is 5.97 Å². The molecule has 2 aromatic rings. The zero-order chi connectivity index (χ0) is 23.5. The van der Waals surface area contributed by atoms with Gasteiger partial charge in [0.2, 0.25) is 5.91 Å². The number of amides is 1. The van der Waals surface area contributed by atoms with Gasteiger partial charge in [0.05, 0.1) is 12.2 Å². The van der Waals surface area contributed by atoms with Crippen molar-refractivity contribution in [2.75, 3.05) is 11.9 Å². The van der Waals surface area contributed by atoms with Crippen LogP contribution in [0.3, 0.4) is 0 Å². The molecule has 1 aliphatic rings. The highest BCUT2D eigenvalue weighted by molar-refractivity contribution is 7.17. The Balaban J connectivity index is 1.81. The fourth-order valence-electron chi connectivity index (χ4n) is 4.15. The molecule has 1 heterocycles. The maximum absolute atomic E-state index is 12.7. The molecule has 5 heteroatoms. The Bertz CT molecular complexity index is 993. The van der Waals surface area contributed by atoms with Crippen molar-refractivity contribution >= 4 is 34.3 Å². The predicted octanol–water partition coefficient (Wildman–Crippen LogP) is 6.85. The van der Waals surface area contributed by atoms with E-state index in [1.807, 2.05) is 12.1 Å². The maximum atomic E-state index is 12.7. The predicted molar refractivity (Wildman–Crippen MR) is 133 cm³/mol. The van der Waals surface area contributed by atoms with Crippen molar-refractivity contribution in [3.8, 4) is 0 Å². The van der Waals surface area contributed by atoms with Gasteiger partial charge in [-0.05, 0) is 66.2 Å². The molecule has 0 bridgehead atoms. The molecule has 1 amide bonds. The lowest BCUT2D eigenvalue weighted by molar-refractivity contribution is -0.111.